The maximum absolute atomic E-state index is 3.78. The third-order valence-corrected chi connectivity index (χ3v) is 2.96. The fraction of sp³-hybridized carbons (Fsp3) is 0.273. The van der Waals surface area contributed by atoms with E-state index in [2.05, 4.69) is 14.1 Å². The Morgan fingerprint density at radius 2 is 1.88 bits per heavy atom. The van der Waals surface area contributed by atoms with E-state index in [1.807, 2.05) is 41.6 Å². The molecule has 0 spiro atoms. The Hall–Kier alpha value is -0.910. The van der Waals surface area contributed by atoms with E-state index in [4.69, 9.17) is 0 Å². The van der Waals surface area contributed by atoms with E-state index in [0.717, 1.165) is 0 Å². The van der Waals surface area contributed by atoms with Crippen LogP contribution in [0.5, 0.6) is 0 Å². The van der Waals surface area contributed by atoms with E-state index in [1.54, 1.807) is 18.6 Å². The normalized spacial score (nSPS) is 13.0. The number of hydrogen-bond acceptors (Lipinski definition) is 5. The molecule has 1 aliphatic heterocycles. The highest BCUT2D eigenvalue weighted by Gasteiger charge is 1.94. The Bertz CT molecular complexity index is 258. The van der Waals surface area contributed by atoms with Crippen LogP contribution in [0.15, 0.2) is 48.2 Å². The second kappa shape index (κ2) is 10.6. The van der Waals surface area contributed by atoms with Gasteiger partial charge in [-0.15, -0.1) is 0 Å². The molecular formula is C11H15N3S2. The number of nitrogens with one attached hydrogen (secondary N) is 1. The maximum Gasteiger partial charge on any atom is 0.0406 e. The van der Waals surface area contributed by atoms with Crippen molar-refractivity contribution in [2.45, 2.75) is 6.42 Å². The van der Waals surface area contributed by atoms with Crippen LogP contribution < -0.4 is 4.72 Å². The lowest BCUT2D eigenvalue weighted by Crippen LogP contribution is -1.91. The third-order valence-electron chi connectivity index (χ3n) is 1.54. The van der Waals surface area contributed by atoms with Gasteiger partial charge >= 0.3 is 0 Å². The molecule has 0 aliphatic carbocycles. The van der Waals surface area contributed by atoms with E-state index in [9.17, 15) is 0 Å². The molecule has 3 rings (SSSR count). The van der Waals surface area contributed by atoms with Crippen LogP contribution in [-0.2, 0) is 0 Å². The molecule has 1 aliphatic rings. The molecule has 0 bridgehead atoms. The smallest absolute Gasteiger partial charge is 0.0406 e. The quantitative estimate of drug-likeness (QED) is 0.733. The van der Waals surface area contributed by atoms with E-state index in [0.29, 0.717) is 0 Å². The van der Waals surface area contributed by atoms with E-state index >= 15 is 0 Å². The standard InChI is InChI=1S/C5H5N.C3H7NS.C3H3NS/c1-2-4-6-5-3-1;2*1-2-4-5-3-1/h1-5H;4H,1-3H2;1-3H. The molecule has 3 nitrogen and oxygen atoms in total. The van der Waals surface area contributed by atoms with Gasteiger partial charge in [0, 0.05) is 36.3 Å². The number of hydrogen-bond donors (Lipinski definition) is 1. The highest BCUT2D eigenvalue weighted by molar-refractivity contribution is 7.97. The van der Waals surface area contributed by atoms with Crippen LogP contribution in [0.2, 0.25) is 0 Å². The summed E-state index contributed by atoms with van der Waals surface area (Å²) in [6, 6.07) is 7.62. The first kappa shape index (κ1) is 13.2. The summed E-state index contributed by atoms with van der Waals surface area (Å²) in [5, 5.41) is 1.93. The van der Waals surface area contributed by atoms with E-state index in [-0.39, 0.29) is 0 Å². The first-order valence-corrected chi connectivity index (χ1v) is 6.86. The van der Waals surface area contributed by atoms with Crippen LogP contribution in [0.1, 0.15) is 6.42 Å². The maximum atomic E-state index is 3.78. The average molecular weight is 253 g/mol. The van der Waals surface area contributed by atoms with Gasteiger partial charge in [-0.25, -0.2) is 4.37 Å². The predicted octanol–water partition coefficient (Wildman–Crippen LogP) is 2.85. The average Bonchev–Trinajstić information content (AvgIpc) is 3.10. The van der Waals surface area contributed by atoms with Crippen LogP contribution in [0.3, 0.4) is 0 Å². The van der Waals surface area contributed by atoms with Crippen molar-refractivity contribution in [1.82, 2.24) is 14.1 Å². The highest BCUT2D eigenvalue weighted by Crippen LogP contribution is 2.02. The molecule has 16 heavy (non-hydrogen) atoms. The van der Waals surface area contributed by atoms with Crippen molar-refractivity contribution in [3.63, 3.8) is 0 Å². The molecule has 0 amide bonds. The van der Waals surface area contributed by atoms with Crippen molar-refractivity contribution in [3.05, 3.63) is 48.2 Å². The molecule has 0 unspecified atom stereocenters. The van der Waals surface area contributed by atoms with Gasteiger partial charge < -0.3 is 0 Å². The molecule has 5 heteroatoms. The van der Waals surface area contributed by atoms with Gasteiger partial charge in [-0.2, -0.15) is 0 Å². The Labute approximate surface area is 105 Å². The van der Waals surface area contributed by atoms with Gasteiger partial charge in [-0.3, -0.25) is 9.71 Å². The van der Waals surface area contributed by atoms with Crippen LogP contribution in [-0.4, -0.2) is 21.7 Å². The summed E-state index contributed by atoms with van der Waals surface area (Å²) in [6.45, 7) is 1.21. The van der Waals surface area contributed by atoms with Crippen LogP contribution >= 0.6 is 23.5 Å². The van der Waals surface area contributed by atoms with Crippen molar-refractivity contribution in [1.29, 1.82) is 0 Å². The fourth-order valence-electron chi connectivity index (χ4n) is 0.849. The zero-order valence-electron chi connectivity index (χ0n) is 8.95. The Morgan fingerprint density at radius 3 is 2.06 bits per heavy atom. The van der Waals surface area contributed by atoms with Crippen molar-refractivity contribution in [2.75, 3.05) is 12.3 Å². The molecule has 0 aromatic carbocycles. The van der Waals surface area contributed by atoms with Crippen molar-refractivity contribution < 1.29 is 0 Å². The summed E-state index contributed by atoms with van der Waals surface area (Å²) in [7, 11) is 0. The number of rotatable bonds is 0. The lowest BCUT2D eigenvalue weighted by molar-refractivity contribution is 0.940. The summed E-state index contributed by atoms with van der Waals surface area (Å²) in [5.41, 5.74) is 0. The highest BCUT2D eigenvalue weighted by atomic mass is 32.2. The minimum Gasteiger partial charge on any atom is -0.265 e. The lowest BCUT2D eigenvalue weighted by Gasteiger charge is -1.75. The van der Waals surface area contributed by atoms with Crippen LogP contribution in [0.25, 0.3) is 0 Å². The third kappa shape index (κ3) is 8.40. The molecule has 1 N–H and O–H groups in total. The molecule has 1 saturated heterocycles. The molecule has 2 aromatic rings. The SMILES string of the molecule is C1CNSC1.c1ccncc1.c1cnsc1. The van der Waals surface area contributed by atoms with Gasteiger partial charge in [-0.05, 0) is 36.2 Å². The monoisotopic (exact) mass is 253 g/mol. The van der Waals surface area contributed by atoms with Crippen LogP contribution in [0.4, 0.5) is 0 Å². The van der Waals surface area contributed by atoms with Crippen molar-refractivity contribution in [3.8, 4) is 0 Å². The first-order chi connectivity index (χ1) is 8.00. The van der Waals surface area contributed by atoms with E-state index < -0.39 is 0 Å². The van der Waals surface area contributed by atoms with Gasteiger partial charge in [0.25, 0.3) is 0 Å². The van der Waals surface area contributed by atoms with Gasteiger partial charge in [0.05, 0.1) is 0 Å². The summed E-state index contributed by atoms with van der Waals surface area (Å²) in [4.78, 5) is 3.78. The topological polar surface area (TPSA) is 37.8 Å². The fourth-order valence-corrected chi connectivity index (χ4v) is 1.92. The largest absolute Gasteiger partial charge is 0.265 e. The number of aromatic nitrogens is 2. The molecule has 86 valence electrons. The first-order valence-electron chi connectivity index (χ1n) is 5.04. The summed E-state index contributed by atoms with van der Waals surface area (Å²) < 4.78 is 6.90. The minimum atomic E-state index is 1.21. The molecule has 2 aromatic heterocycles. The van der Waals surface area contributed by atoms with Crippen molar-refractivity contribution in [2.24, 2.45) is 0 Å². The molecule has 3 heterocycles. The zero-order valence-corrected chi connectivity index (χ0v) is 10.6. The molecular weight excluding hydrogens is 238 g/mol. The Kier molecular flexibility index (Phi) is 8.72. The van der Waals surface area contributed by atoms with Gasteiger partial charge in [0.2, 0.25) is 0 Å². The predicted molar refractivity (Wildman–Crippen MR) is 71.4 cm³/mol. The number of pyridine rings is 1. The molecule has 0 atom stereocenters. The molecule has 0 radical (unpaired) electrons. The van der Waals surface area contributed by atoms with Gasteiger partial charge in [0.1, 0.15) is 0 Å². The Balaban J connectivity index is 0.000000121. The zero-order chi connectivity index (χ0) is 11.3. The second-order valence-electron chi connectivity index (χ2n) is 2.81. The Morgan fingerprint density at radius 1 is 1.00 bits per heavy atom. The van der Waals surface area contributed by atoms with Crippen molar-refractivity contribution >= 4 is 23.5 Å². The molecule has 1 fully saturated rings. The van der Waals surface area contributed by atoms with Crippen LogP contribution in [0, 0.1) is 0 Å². The lowest BCUT2D eigenvalue weighted by atomic mass is 10.5. The summed E-state index contributed by atoms with van der Waals surface area (Å²) in [5.74, 6) is 1.31. The number of nitrogens with zero attached hydrogens (tertiary/aromatic N) is 2. The van der Waals surface area contributed by atoms with Gasteiger partial charge in [0.15, 0.2) is 0 Å². The second-order valence-corrected chi connectivity index (χ2v) is 4.49. The van der Waals surface area contributed by atoms with E-state index in [1.165, 1.54) is 30.3 Å². The minimum absolute atomic E-state index is 1.21. The van der Waals surface area contributed by atoms with Gasteiger partial charge in [-0.1, -0.05) is 18.0 Å². The summed E-state index contributed by atoms with van der Waals surface area (Å²) in [6.07, 6.45) is 6.62. The molecule has 0 saturated carbocycles. The summed E-state index contributed by atoms with van der Waals surface area (Å²) >= 11 is 3.29.